The van der Waals surface area contributed by atoms with E-state index in [4.69, 9.17) is 0 Å². The number of likely N-dealkylation sites (tertiary alicyclic amines) is 1. The Morgan fingerprint density at radius 3 is 2.53 bits per heavy atom. The van der Waals surface area contributed by atoms with Crippen molar-refractivity contribution in [3.63, 3.8) is 0 Å². The van der Waals surface area contributed by atoms with Crippen LogP contribution in [0.5, 0.6) is 0 Å². The Balaban J connectivity index is 2.00. The van der Waals surface area contributed by atoms with Crippen molar-refractivity contribution < 1.29 is 0 Å². The molecule has 2 rings (SSSR count). The van der Waals surface area contributed by atoms with Crippen molar-refractivity contribution in [2.75, 3.05) is 26.2 Å². The fourth-order valence-electron chi connectivity index (χ4n) is 3.21. The molecule has 2 heteroatoms. The van der Waals surface area contributed by atoms with E-state index in [0.29, 0.717) is 11.0 Å². The van der Waals surface area contributed by atoms with Crippen molar-refractivity contribution in [3.05, 3.63) is 0 Å². The molecular weight excluding hydrogens is 184 g/mol. The molecule has 2 nitrogen and oxygen atoms in total. The molecule has 1 unspecified atom stereocenters. The number of rotatable bonds is 3. The molecule has 0 saturated carbocycles. The molecule has 2 saturated heterocycles. The molecule has 0 bridgehead atoms. The van der Waals surface area contributed by atoms with Crippen LogP contribution in [0, 0.1) is 5.41 Å². The second-order valence-corrected chi connectivity index (χ2v) is 6.12. The average molecular weight is 210 g/mol. The minimum Gasteiger partial charge on any atom is -0.316 e. The molecule has 0 amide bonds. The first-order valence-corrected chi connectivity index (χ1v) is 6.54. The fourth-order valence-corrected chi connectivity index (χ4v) is 3.21. The molecule has 0 aliphatic carbocycles. The van der Waals surface area contributed by atoms with E-state index in [1.807, 2.05) is 0 Å². The molecule has 2 heterocycles. The molecule has 0 radical (unpaired) electrons. The van der Waals surface area contributed by atoms with Gasteiger partial charge in [0.05, 0.1) is 0 Å². The molecule has 15 heavy (non-hydrogen) atoms. The summed E-state index contributed by atoms with van der Waals surface area (Å²) in [6, 6.07) is 0. The van der Waals surface area contributed by atoms with Crippen LogP contribution in [0.4, 0.5) is 0 Å². The molecule has 1 atom stereocenters. The summed E-state index contributed by atoms with van der Waals surface area (Å²) < 4.78 is 0. The largest absolute Gasteiger partial charge is 0.316 e. The summed E-state index contributed by atoms with van der Waals surface area (Å²) in [5.74, 6) is 0. The van der Waals surface area contributed by atoms with Gasteiger partial charge in [0.1, 0.15) is 0 Å². The molecular formula is C13H26N2. The molecule has 1 N–H and O–H groups in total. The summed E-state index contributed by atoms with van der Waals surface area (Å²) in [4.78, 5) is 2.73. The minimum absolute atomic E-state index is 0.449. The number of hydrogen-bond acceptors (Lipinski definition) is 2. The lowest BCUT2D eigenvalue weighted by molar-refractivity contribution is 0.102. The van der Waals surface area contributed by atoms with Gasteiger partial charge in [0.15, 0.2) is 0 Å². The first-order chi connectivity index (χ1) is 7.08. The van der Waals surface area contributed by atoms with E-state index >= 15 is 0 Å². The highest BCUT2D eigenvalue weighted by atomic mass is 15.2. The van der Waals surface area contributed by atoms with Gasteiger partial charge in [-0.1, -0.05) is 6.92 Å². The summed E-state index contributed by atoms with van der Waals surface area (Å²) in [6.07, 6.45) is 5.46. The van der Waals surface area contributed by atoms with Crippen LogP contribution >= 0.6 is 0 Å². The lowest BCUT2D eigenvalue weighted by atomic mass is 9.83. The van der Waals surface area contributed by atoms with Gasteiger partial charge in [-0.25, -0.2) is 0 Å². The van der Waals surface area contributed by atoms with Gasteiger partial charge in [0.2, 0.25) is 0 Å². The number of hydrogen-bond donors (Lipinski definition) is 1. The van der Waals surface area contributed by atoms with Crippen molar-refractivity contribution in [3.8, 4) is 0 Å². The second-order valence-electron chi connectivity index (χ2n) is 6.12. The normalized spacial score (nSPS) is 36.2. The zero-order valence-corrected chi connectivity index (χ0v) is 10.6. The Morgan fingerprint density at radius 1 is 1.27 bits per heavy atom. The fraction of sp³-hybridized carbons (Fsp3) is 1.00. The smallest absolute Gasteiger partial charge is 0.0153 e. The van der Waals surface area contributed by atoms with E-state index in [1.165, 1.54) is 51.9 Å². The van der Waals surface area contributed by atoms with Crippen LogP contribution in [0.3, 0.4) is 0 Å². The van der Waals surface area contributed by atoms with Crippen molar-refractivity contribution in [1.82, 2.24) is 10.2 Å². The predicted molar refractivity (Wildman–Crippen MR) is 65.1 cm³/mol. The third-order valence-electron chi connectivity index (χ3n) is 4.68. The van der Waals surface area contributed by atoms with E-state index in [1.54, 1.807) is 0 Å². The Morgan fingerprint density at radius 2 is 2.07 bits per heavy atom. The SMILES string of the molecule is CCC1(CN2CCCC2(C)C)CCNC1. The highest BCUT2D eigenvalue weighted by Crippen LogP contribution is 2.36. The van der Waals surface area contributed by atoms with E-state index in [0.717, 1.165) is 0 Å². The topological polar surface area (TPSA) is 15.3 Å². The van der Waals surface area contributed by atoms with Crippen LogP contribution in [-0.4, -0.2) is 36.6 Å². The quantitative estimate of drug-likeness (QED) is 0.768. The monoisotopic (exact) mass is 210 g/mol. The van der Waals surface area contributed by atoms with E-state index in [9.17, 15) is 0 Å². The van der Waals surface area contributed by atoms with Crippen LogP contribution in [0.1, 0.15) is 46.5 Å². The van der Waals surface area contributed by atoms with E-state index < -0.39 is 0 Å². The number of nitrogens with one attached hydrogen (secondary N) is 1. The molecule has 0 aromatic heterocycles. The molecule has 2 aliphatic rings. The van der Waals surface area contributed by atoms with Gasteiger partial charge >= 0.3 is 0 Å². The van der Waals surface area contributed by atoms with Crippen molar-refractivity contribution in [2.24, 2.45) is 5.41 Å². The standard InChI is InChI=1S/C13H26N2/c1-4-13(7-8-14-10-13)11-15-9-5-6-12(15,2)3/h14H,4-11H2,1-3H3. The van der Waals surface area contributed by atoms with E-state index in [2.05, 4.69) is 31.0 Å². The van der Waals surface area contributed by atoms with Gasteiger partial charge in [0.25, 0.3) is 0 Å². The average Bonchev–Trinajstić information content (AvgIpc) is 2.76. The molecule has 88 valence electrons. The maximum absolute atomic E-state index is 3.54. The Hall–Kier alpha value is -0.0800. The van der Waals surface area contributed by atoms with Gasteiger partial charge in [-0.2, -0.15) is 0 Å². The zero-order valence-electron chi connectivity index (χ0n) is 10.6. The van der Waals surface area contributed by atoms with Crippen molar-refractivity contribution in [1.29, 1.82) is 0 Å². The van der Waals surface area contributed by atoms with Gasteiger partial charge in [0, 0.05) is 18.6 Å². The first-order valence-electron chi connectivity index (χ1n) is 6.54. The third-order valence-corrected chi connectivity index (χ3v) is 4.68. The summed E-state index contributed by atoms with van der Waals surface area (Å²) in [5.41, 5.74) is 1.02. The highest BCUT2D eigenvalue weighted by Gasteiger charge is 2.39. The van der Waals surface area contributed by atoms with Crippen molar-refractivity contribution >= 4 is 0 Å². The maximum Gasteiger partial charge on any atom is 0.0153 e. The van der Waals surface area contributed by atoms with Crippen LogP contribution < -0.4 is 5.32 Å². The first kappa shape index (κ1) is 11.4. The van der Waals surface area contributed by atoms with Crippen LogP contribution in [0.25, 0.3) is 0 Å². The molecule has 2 aliphatic heterocycles. The maximum atomic E-state index is 3.54. The van der Waals surface area contributed by atoms with Crippen LogP contribution in [0.15, 0.2) is 0 Å². The lowest BCUT2D eigenvalue weighted by Crippen LogP contribution is -2.46. The Bertz CT molecular complexity index is 217. The summed E-state index contributed by atoms with van der Waals surface area (Å²) in [7, 11) is 0. The summed E-state index contributed by atoms with van der Waals surface area (Å²) >= 11 is 0. The van der Waals surface area contributed by atoms with Crippen LogP contribution in [0.2, 0.25) is 0 Å². The second kappa shape index (κ2) is 4.06. The summed E-state index contributed by atoms with van der Waals surface area (Å²) in [6.45, 7) is 12.3. The summed E-state index contributed by atoms with van der Waals surface area (Å²) in [5, 5.41) is 3.54. The van der Waals surface area contributed by atoms with Gasteiger partial charge in [-0.05, 0) is 58.0 Å². The molecule has 0 spiro atoms. The molecule has 0 aromatic rings. The third kappa shape index (κ3) is 2.21. The predicted octanol–water partition coefficient (Wildman–Crippen LogP) is 2.25. The number of nitrogens with zero attached hydrogens (tertiary/aromatic N) is 1. The van der Waals surface area contributed by atoms with Crippen molar-refractivity contribution in [2.45, 2.75) is 52.0 Å². The molecule has 0 aromatic carbocycles. The van der Waals surface area contributed by atoms with Crippen LogP contribution in [-0.2, 0) is 0 Å². The van der Waals surface area contributed by atoms with Gasteiger partial charge < -0.3 is 5.32 Å². The van der Waals surface area contributed by atoms with Gasteiger partial charge in [-0.15, -0.1) is 0 Å². The molecule has 2 fully saturated rings. The Labute approximate surface area is 94.4 Å². The Kier molecular flexibility index (Phi) is 3.09. The zero-order chi connectivity index (χ0) is 10.9. The minimum atomic E-state index is 0.449. The van der Waals surface area contributed by atoms with E-state index in [-0.39, 0.29) is 0 Å². The lowest BCUT2D eigenvalue weighted by Gasteiger charge is -2.39. The van der Waals surface area contributed by atoms with Gasteiger partial charge in [-0.3, -0.25) is 4.90 Å². The highest BCUT2D eigenvalue weighted by molar-refractivity contribution is 4.95.